The summed E-state index contributed by atoms with van der Waals surface area (Å²) >= 11 is 0. The number of aryl methyl sites for hydroxylation is 1. The van der Waals surface area contributed by atoms with Crippen molar-refractivity contribution in [2.45, 2.75) is 59.0 Å². The van der Waals surface area contributed by atoms with Crippen molar-refractivity contribution < 1.29 is 18.7 Å². The lowest BCUT2D eigenvalue weighted by atomic mass is 9.87. The van der Waals surface area contributed by atoms with Crippen LogP contribution in [0, 0.1) is 12.8 Å². The molecule has 0 bridgehead atoms. The van der Waals surface area contributed by atoms with Crippen molar-refractivity contribution in [3.05, 3.63) is 71.6 Å². The van der Waals surface area contributed by atoms with Crippen LogP contribution >= 0.6 is 0 Å². The molecule has 0 N–H and O–H groups in total. The molecule has 1 fully saturated rings. The number of hydrogen-bond donors (Lipinski definition) is 0. The topological polar surface area (TPSA) is 64.8 Å². The molecule has 0 spiro atoms. The molecular formula is C29H36N2O4. The van der Waals surface area contributed by atoms with Gasteiger partial charge < -0.3 is 18.8 Å². The van der Waals surface area contributed by atoms with Gasteiger partial charge >= 0.3 is 6.09 Å². The van der Waals surface area contributed by atoms with E-state index < -0.39 is 5.60 Å². The van der Waals surface area contributed by atoms with Crippen LogP contribution in [0.15, 0.2) is 59.0 Å². The summed E-state index contributed by atoms with van der Waals surface area (Å²) in [6.07, 6.45) is 1.43. The van der Waals surface area contributed by atoms with E-state index in [4.69, 9.17) is 13.9 Å². The van der Waals surface area contributed by atoms with Crippen LogP contribution in [0.2, 0.25) is 0 Å². The maximum atomic E-state index is 12.4. The largest absolute Gasteiger partial charge is 0.493 e. The zero-order valence-electron chi connectivity index (χ0n) is 21.4. The van der Waals surface area contributed by atoms with E-state index in [1.165, 1.54) is 5.56 Å². The molecule has 1 aliphatic heterocycles. The van der Waals surface area contributed by atoms with Gasteiger partial charge in [0.05, 0.1) is 12.3 Å². The van der Waals surface area contributed by atoms with Gasteiger partial charge in [-0.2, -0.15) is 0 Å². The smallest absolute Gasteiger partial charge is 0.410 e. The Morgan fingerprint density at radius 2 is 1.94 bits per heavy atom. The van der Waals surface area contributed by atoms with Crippen LogP contribution in [0.3, 0.4) is 0 Å². The summed E-state index contributed by atoms with van der Waals surface area (Å²) in [6, 6.07) is 18.2. The number of nitrogens with zero attached hydrogens (tertiary/aromatic N) is 2. The van der Waals surface area contributed by atoms with E-state index in [-0.39, 0.29) is 6.09 Å². The molecule has 0 aliphatic carbocycles. The van der Waals surface area contributed by atoms with E-state index in [0.717, 1.165) is 42.3 Å². The van der Waals surface area contributed by atoms with Crippen molar-refractivity contribution in [3.8, 4) is 17.2 Å². The maximum absolute atomic E-state index is 12.4. The molecule has 6 nitrogen and oxygen atoms in total. The number of hydrogen-bond acceptors (Lipinski definition) is 5. The molecule has 0 radical (unpaired) electrons. The number of ether oxygens (including phenoxy) is 2. The van der Waals surface area contributed by atoms with Crippen LogP contribution < -0.4 is 4.74 Å². The van der Waals surface area contributed by atoms with Crippen LogP contribution in [-0.2, 0) is 11.2 Å². The van der Waals surface area contributed by atoms with Gasteiger partial charge in [0.1, 0.15) is 17.1 Å². The van der Waals surface area contributed by atoms with Gasteiger partial charge in [-0.3, -0.25) is 0 Å². The number of carbonyl (C=O) groups excluding carboxylic acids is 1. The minimum atomic E-state index is -0.472. The second-order valence-corrected chi connectivity index (χ2v) is 10.3. The Balaban J connectivity index is 1.32. The molecule has 1 saturated heterocycles. The SMILES string of the molecule is Cc1oc(-c2ccccc2)nc1CCOc1cccc(C(C)[C@H]2CCN(C(=O)OC(C)(C)C)C2)c1. The second-order valence-electron chi connectivity index (χ2n) is 10.3. The summed E-state index contributed by atoms with van der Waals surface area (Å²) in [6.45, 7) is 11.9. The number of oxazole rings is 1. The molecule has 1 aromatic heterocycles. The Hall–Kier alpha value is -3.28. The van der Waals surface area contributed by atoms with Crippen LogP contribution in [0.25, 0.3) is 11.5 Å². The Morgan fingerprint density at radius 1 is 1.17 bits per heavy atom. The highest BCUT2D eigenvalue weighted by molar-refractivity contribution is 5.68. The fourth-order valence-electron chi connectivity index (χ4n) is 4.48. The Labute approximate surface area is 208 Å². The molecule has 35 heavy (non-hydrogen) atoms. The van der Waals surface area contributed by atoms with Gasteiger partial charge in [0, 0.05) is 25.1 Å². The van der Waals surface area contributed by atoms with Gasteiger partial charge in [-0.05, 0) is 75.8 Å². The lowest BCUT2D eigenvalue weighted by molar-refractivity contribution is 0.0286. The lowest BCUT2D eigenvalue weighted by Crippen LogP contribution is -2.35. The first-order valence-corrected chi connectivity index (χ1v) is 12.4. The van der Waals surface area contributed by atoms with Crippen molar-refractivity contribution in [2.75, 3.05) is 19.7 Å². The minimum Gasteiger partial charge on any atom is -0.493 e. The number of rotatable bonds is 7. The average Bonchev–Trinajstić information content (AvgIpc) is 3.46. The maximum Gasteiger partial charge on any atom is 0.410 e. The zero-order valence-corrected chi connectivity index (χ0v) is 21.4. The molecule has 4 rings (SSSR count). The molecule has 2 aromatic carbocycles. The number of aromatic nitrogens is 1. The van der Waals surface area contributed by atoms with E-state index >= 15 is 0 Å². The highest BCUT2D eigenvalue weighted by Gasteiger charge is 2.33. The van der Waals surface area contributed by atoms with E-state index in [1.54, 1.807) is 0 Å². The van der Waals surface area contributed by atoms with Crippen LogP contribution in [0.5, 0.6) is 5.75 Å². The predicted molar refractivity (Wildman–Crippen MR) is 137 cm³/mol. The Bertz CT molecular complexity index is 1130. The van der Waals surface area contributed by atoms with Gasteiger partial charge in [-0.1, -0.05) is 37.3 Å². The summed E-state index contributed by atoms with van der Waals surface area (Å²) in [4.78, 5) is 18.9. The zero-order chi connectivity index (χ0) is 25.0. The van der Waals surface area contributed by atoms with Crippen LogP contribution in [0.1, 0.15) is 57.1 Å². The number of likely N-dealkylation sites (tertiary alicyclic amines) is 1. The van der Waals surface area contributed by atoms with Crippen molar-refractivity contribution in [1.82, 2.24) is 9.88 Å². The number of amides is 1. The Kier molecular flexibility index (Phi) is 7.48. The first-order valence-electron chi connectivity index (χ1n) is 12.4. The predicted octanol–water partition coefficient (Wildman–Crippen LogP) is 6.63. The van der Waals surface area contributed by atoms with E-state index in [2.05, 4.69) is 24.0 Å². The normalized spacial score (nSPS) is 16.8. The monoisotopic (exact) mass is 476 g/mol. The summed E-state index contributed by atoms with van der Waals surface area (Å²) < 4.78 is 17.5. The van der Waals surface area contributed by atoms with Crippen molar-refractivity contribution in [2.24, 2.45) is 5.92 Å². The molecule has 3 aromatic rings. The summed E-state index contributed by atoms with van der Waals surface area (Å²) in [5.74, 6) is 3.03. The van der Waals surface area contributed by atoms with Gasteiger partial charge in [0.15, 0.2) is 0 Å². The molecular weight excluding hydrogens is 440 g/mol. The summed E-state index contributed by atoms with van der Waals surface area (Å²) in [5, 5.41) is 0. The molecule has 1 amide bonds. The second kappa shape index (κ2) is 10.5. The number of benzene rings is 2. The molecule has 2 heterocycles. The average molecular weight is 477 g/mol. The highest BCUT2D eigenvalue weighted by atomic mass is 16.6. The molecule has 1 unspecified atom stereocenters. The molecule has 6 heteroatoms. The van der Waals surface area contributed by atoms with E-state index in [0.29, 0.717) is 30.8 Å². The summed E-state index contributed by atoms with van der Waals surface area (Å²) in [7, 11) is 0. The highest BCUT2D eigenvalue weighted by Crippen LogP contribution is 2.33. The van der Waals surface area contributed by atoms with Gasteiger partial charge in [-0.25, -0.2) is 9.78 Å². The van der Waals surface area contributed by atoms with Crippen molar-refractivity contribution >= 4 is 6.09 Å². The van der Waals surface area contributed by atoms with Gasteiger partial charge in [-0.15, -0.1) is 0 Å². The van der Waals surface area contributed by atoms with Crippen molar-refractivity contribution in [1.29, 1.82) is 0 Å². The third-order valence-electron chi connectivity index (χ3n) is 6.49. The van der Waals surface area contributed by atoms with Gasteiger partial charge in [0.2, 0.25) is 5.89 Å². The summed E-state index contributed by atoms with van der Waals surface area (Å²) in [5.41, 5.74) is 2.64. The number of carbonyl (C=O) groups is 1. The first-order chi connectivity index (χ1) is 16.7. The minimum absolute atomic E-state index is 0.220. The lowest BCUT2D eigenvalue weighted by Gasteiger charge is -2.25. The van der Waals surface area contributed by atoms with E-state index in [9.17, 15) is 4.79 Å². The van der Waals surface area contributed by atoms with Gasteiger partial charge in [0.25, 0.3) is 0 Å². The third kappa shape index (κ3) is 6.44. The third-order valence-corrected chi connectivity index (χ3v) is 6.49. The van der Waals surface area contributed by atoms with Crippen molar-refractivity contribution in [3.63, 3.8) is 0 Å². The fraction of sp³-hybridized carbons (Fsp3) is 0.448. The molecule has 2 atom stereocenters. The molecule has 186 valence electrons. The fourth-order valence-corrected chi connectivity index (χ4v) is 4.48. The standard InChI is InChI=1S/C29H36N2O4/c1-20(24-14-16-31(19-24)28(32)35-29(3,4)5)23-12-9-13-25(18-23)33-17-15-26-21(2)34-27(30-26)22-10-7-6-8-11-22/h6-13,18,20,24H,14-17,19H2,1-5H3/t20?,24-/m0/s1. The van der Waals surface area contributed by atoms with E-state index in [1.807, 2.05) is 75.1 Å². The van der Waals surface area contributed by atoms with Crippen LogP contribution in [0.4, 0.5) is 4.79 Å². The first kappa shape index (κ1) is 24.8. The quantitative estimate of drug-likeness (QED) is 0.383. The molecule has 1 aliphatic rings. The molecule has 0 saturated carbocycles. The van der Waals surface area contributed by atoms with Crippen LogP contribution in [-0.4, -0.2) is 41.3 Å². The Morgan fingerprint density at radius 3 is 2.69 bits per heavy atom.